The Hall–Kier alpha value is -2.15. The van der Waals surface area contributed by atoms with Crippen molar-refractivity contribution < 1.29 is 4.79 Å². The van der Waals surface area contributed by atoms with Crippen LogP contribution in [0.4, 0.5) is 5.69 Å². The van der Waals surface area contributed by atoms with Gasteiger partial charge < -0.3 is 5.32 Å². The molecule has 1 aliphatic heterocycles. The molecule has 1 aliphatic rings. The van der Waals surface area contributed by atoms with Gasteiger partial charge in [0.25, 0.3) is 0 Å². The first-order chi connectivity index (χ1) is 10.9. The van der Waals surface area contributed by atoms with E-state index in [1.807, 2.05) is 45.6 Å². The van der Waals surface area contributed by atoms with Crippen molar-refractivity contribution in [2.45, 2.75) is 39.8 Å². The predicted molar refractivity (Wildman–Crippen MR) is 88.3 cm³/mol. The highest BCUT2D eigenvalue weighted by Gasteiger charge is 2.35. The summed E-state index contributed by atoms with van der Waals surface area (Å²) in [6, 6.07) is 0.197. The molecule has 3 rings (SSSR count). The van der Waals surface area contributed by atoms with Crippen LogP contribution in [0, 0.1) is 20.8 Å². The molecule has 7 heteroatoms. The summed E-state index contributed by atoms with van der Waals surface area (Å²) >= 11 is 0. The number of carbonyl (C=O) groups excluding carboxylic acids is 1. The molecule has 2 aromatic heterocycles. The van der Waals surface area contributed by atoms with Crippen molar-refractivity contribution in [3.63, 3.8) is 0 Å². The number of rotatable bonds is 4. The van der Waals surface area contributed by atoms with Crippen LogP contribution in [0.2, 0.25) is 0 Å². The van der Waals surface area contributed by atoms with Crippen LogP contribution in [-0.2, 0) is 11.8 Å². The summed E-state index contributed by atoms with van der Waals surface area (Å²) in [6.07, 6.45) is 3.92. The molecule has 0 radical (unpaired) electrons. The SMILES string of the molecule is Cc1cnn(C2CN([C@@H](C)C(=O)Nc3c(C)nn(C)c3C)C2)c1. The molecular weight excluding hydrogens is 292 g/mol. The van der Waals surface area contributed by atoms with Gasteiger partial charge in [0.2, 0.25) is 5.91 Å². The summed E-state index contributed by atoms with van der Waals surface area (Å²) < 4.78 is 3.78. The van der Waals surface area contributed by atoms with E-state index in [1.165, 1.54) is 0 Å². The molecule has 1 saturated heterocycles. The predicted octanol–water partition coefficient (Wildman–Crippen LogP) is 1.43. The average Bonchev–Trinajstić information content (AvgIpc) is 2.96. The van der Waals surface area contributed by atoms with Gasteiger partial charge in [-0.2, -0.15) is 10.2 Å². The van der Waals surface area contributed by atoms with Crippen LogP contribution in [0.15, 0.2) is 12.4 Å². The summed E-state index contributed by atoms with van der Waals surface area (Å²) in [5, 5.41) is 11.7. The van der Waals surface area contributed by atoms with E-state index in [4.69, 9.17) is 0 Å². The fourth-order valence-electron chi connectivity index (χ4n) is 2.95. The third-order valence-electron chi connectivity index (χ3n) is 4.68. The van der Waals surface area contributed by atoms with E-state index >= 15 is 0 Å². The lowest BCUT2D eigenvalue weighted by molar-refractivity contribution is -0.123. The zero-order chi connectivity index (χ0) is 16.7. The fraction of sp³-hybridized carbons (Fsp3) is 0.562. The number of aryl methyl sites for hydroxylation is 3. The summed E-state index contributed by atoms with van der Waals surface area (Å²) in [5.74, 6) is 0.0132. The van der Waals surface area contributed by atoms with Gasteiger partial charge in [-0.3, -0.25) is 19.1 Å². The molecule has 0 unspecified atom stereocenters. The van der Waals surface area contributed by atoms with Crippen LogP contribution < -0.4 is 5.32 Å². The highest BCUT2D eigenvalue weighted by Crippen LogP contribution is 2.25. The Balaban J connectivity index is 1.59. The fourth-order valence-corrected chi connectivity index (χ4v) is 2.95. The lowest BCUT2D eigenvalue weighted by atomic mass is 10.1. The van der Waals surface area contributed by atoms with Gasteiger partial charge in [-0.15, -0.1) is 0 Å². The number of nitrogens with one attached hydrogen (secondary N) is 1. The second-order valence-corrected chi connectivity index (χ2v) is 6.44. The smallest absolute Gasteiger partial charge is 0.241 e. The Kier molecular flexibility index (Phi) is 3.97. The number of likely N-dealkylation sites (tertiary alicyclic amines) is 1. The van der Waals surface area contributed by atoms with Gasteiger partial charge in [0, 0.05) is 26.3 Å². The molecule has 0 bridgehead atoms. The van der Waals surface area contributed by atoms with Crippen molar-refractivity contribution in [1.29, 1.82) is 0 Å². The van der Waals surface area contributed by atoms with Crippen molar-refractivity contribution in [2.75, 3.05) is 18.4 Å². The highest BCUT2D eigenvalue weighted by molar-refractivity contribution is 5.95. The Labute approximate surface area is 136 Å². The molecule has 0 saturated carbocycles. The number of anilines is 1. The van der Waals surface area contributed by atoms with E-state index < -0.39 is 0 Å². The zero-order valence-corrected chi connectivity index (χ0v) is 14.4. The second kappa shape index (κ2) is 5.81. The lowest BCUT2D eigenvalue weighted by Crippen LogP contribution is -2.55. The van der Waals surface area contributed by atoms with E-state index in [-0.39, 0.29) is 11.9 Å². The molecule has 1 fully saturated rings. The third-order valence-corrected chi connectivity index (χ3v) is 4.68. The Morgan fingerprint density at radius 2 is 2.04 bits per heavy atom. The first-order valence-electron chi connectivity index (χ1n) is 7.92. The van der Waals surface area contributed by atoms with E-state index in [2.05, 4.69) is 26.6 Å². The quantitative estimate of drug-likeness (QED) is 0.926. The standard InChI is InChI=1S/C16H24N6O/c1-10-6-17-22(7-10)14-8-21(9-14)13(4)16(23)18-15-11(2)19-20(5)12(15)3/h6-7,13-14H,8-9H2,1-5H3,(H,18,23)/t13-/m0/s1. The van der Waals surface area contributed by atoms with Crippen LogP contribution in [0.1, 0.15) is 29.9 Å². The van der Waals surface area contributed by atoms with Crippen LogP contribution >= 0.6 is 0 Å². The Morgan fingerprint density at radius 3 is 2.57 bits per heavy atom. The zero-order valence-electron chi connectivity index (χ0n) is 14.4. The van der Waals surface area contributed by atoms with Gasteiger partial charge in [-0.1, -0.05) is 0 Å². The topological polar surface area (TPSA) is 68.0 Å². The summed E-state index contributed by atoms with van der Waals surface area (Å²) in [4.78, 5) is 14.7. The van der Waals surface area contributed by atoms with Crippen LogP contribution in [0.3, 0.4) is 0 Å². The maximum absolute atomic E-state index is 12.5. The van der Waals surface area contributed by atoms with Crippen molar-refractivity contribution in [2.24, 2.45) is 7.05 Å². The van der Waals surface area contributed by atoms with Gasteiger partial charge in [0.05, 0.1) is 35.4 Å². The molecule has 2 aromatic rings. The van der Waals surface area contributed by atoms with E-state index in [0.29, 0.717) is 6.04 Å². The molecular formula is C16H24N6O. The summed E-state index contributed by atoms with van der Waals surface area (Å²) in [7, 11) is 1.88. The van der Waals surface area contributed by atoms with Gasteiger partial charge >= 0.3 is 0 Å². The number of amides is 1. The molecule has 7 nitrogen and oxygen atoms in total. The molecule has 124 valence electrons. The van der Waals surface area contributed by atoms with Gasteiger partial charge in [0.1, 0.15) is 0 Å². The molecule has 23 heavy (non-hydrogen) atoms. The van der Waals surface area contributed by atoms with E-state index in [1.54, 1.807) is 4.68 Å². The first-order valence-corrected chi connectivity index (χ1v) is 7.92. The average molecular weight is 316 g/mol. The van der Waals surface area contributed by atoms with Crippen LogP contribution in [-0.4, -0.2) is 49.5 Å². The van der Waals surface area contributed by atoms with Crippen LogP contribution in [0.5, 0.6) is 0 Å². The molecule has 1 atom stereocenters. The molecule has 0 aromatic carbocycles. The number of nitrogens with zero attached hydrogens (tertiary/aromatic N) is 5. The molecule has 0 aliphatic carbocycles. The second-order valence-electron chi connectivity index (χ2n) is 6.44. The highest BCUT2D eigenvalue weighted by atomic mass is 16.2. The van der Waals surface area contributed by atoms with Crippen LogP contribution in [0.25, 0.3) is 0 Å². The number of aromatic nitrogens is 4. The van der Waals surface area contributed by atoms with Crippen molar-refractivity contribution >= 4 is 11.6 Å². The van der Waals surface area contributed by atoms with Gasteiger partial charge in [-0.05, 0) is 33.3 Å². The van der Waals surface area contributed by atoms with E-state index in [9.17, 15) is 4.79 Å². The minimum atomic E-state index is -0.165. The summed E-state index contributed by atoms with van der Waals surface area (Å²) in [6.45, 7) is 9.55. The molecule has 3 heterocycles. The normalized spacial score (nSPS) is 17.1. The molecule has 1 N–H and O–H groups in total. The third kappa shape index (κ3) is 2.88. The molecule has 1 amide bonds. The maximum Gasteiger partial charge on any atom is 0.241 e. The minimum Gasteiger partial charge on any atom is -0.322 e. The lowest BCUT2D eigenvalue weighted by Gasteiger charge is -2.42. The van der Waals surface area contributed by atoms with Crippen molar-refractivity contribution in [3.8, 4) is 0 Å². The molecule has 0 spiro atoms. The maximum atomic E-state index is 12.5. The van der Waals surface area contributed by atoms with Gasteiger partial charge in [0.15, 0.2) is 0 Å². The van der Waals surface area contributed by atoms with Crippen molar-refractivity contribution in [1.82, 2.24) is 24.5 Å². The largest absolute Gasteiger partial charge is 0.322 e. The van der Waals surface area contributed by atoms with E-state index in [0.717, 1.165) is 35.7 Å². The van der Waals surface area contributed by atoms with Gasteiger partial charge in [-0.25, -0.2) is 0 Å². The number of hydrogen-bond acceptors (Lipinski definition) is 4. The van der Waals surface area contributed by atoms with Crippen molar-refractivity contribution in [3.05, 3.63) is 29.3 Å². The Morgan fingerprint density at radius 1 is 1.35 bits per heavy atom. The number of hydrogen-bond donors (Lipinski definition) is 1. The monoisotopic (exact) mass is 316 g/mol. The Bertz CT molecular complexity index is 725. The first kappa shape index (κ1) is 15.7. The minimum absolute atomic E-state index is 0.0132. The number of carbonyl (C=O) groups is 1. The summed E-state index contributed by atoms with van der Waals surface area (Å²) in [5.41, 5.74) is 3.80.